The molecule has 0 heterocycles. The molecule has 0 aromatic heterocycles. The highest BCUT2D eigenvalue weighted by Crippen LogP contribution is 2.35. The number of phenolic OH excluding ortho intramolecular Hbond substituents is 1. The number of halogens is 2. The first-order valence-corrected chi connectivity index (χ1v) is 8.42. The molecule has 0 saturated carbocycles. The van der Waals surface area contributed by atoms with Gasteiger partial charge in [-0.1, -0.05) is 18.2 Å². The van der Waals surface area contributed by atoms with Gasteiger partial charge in [-0.3, -0.25) is 10.1 Å². The normalized spacial score (nSPS) is 10.0. The molecule has 2 aromatic carbocycles. The van der Waals surface area contributed by atoms with Crippen LogP contribution in [0.15, 0.2) is 51.4 Å². The van der Waals surface area contributed by atoms with Gasteiger partial charge in [0.25, 0.3) is 5.91 Å². The number of rotatable bonds is 4. The molecule has 0 radical (unpaired) electrons. The van der Waals surface area contributed by atoms with E-state index in [0.29, 0.717) is 20.4 Å². The zero-order valence-corrected chi connectivity index (χ0v) is 15.7. The Morgan fingerprint density at radius 3 is 2.39 bits per heavy atom. The highest BCUT2D eigenvalue weighted by Gasteiger charge is 2.09. The predicted octanol–water partition coefficient (Wildman–Crippen LogP) is 3.81. The Kier molecular flexibility index (Phi) is 6.37. The SMILES string of the molecule is O=C(COc1ccccc1)NC(=S)Nc1cc(Br)c(O)c(Br)c1. The molecule has 23 heavy (non-hydrogen) atoms. The van der Waals surface area contributed by atoms with E-state index in [2.05, 4.69) is 42.5 Å². The average Bonchev–Trinajstić information content (AvgIpc) is 2.51. The summed E-state index contributed by atoms with van der Waals surface area (Å²) in [6, 6.07) is 12.3. The van der Waals surface area contributed by atoms with E-state index in [9.17, 15) is 9.90 Å². The number of ether oxygens (including phenoxy) is 1. The molecule has 5 nitrogen and oxygen atoms in total. The van der Waals surface area contributed by atoms with Gasteiger partial charge >= 0.3 is 0 Å². The molecule has 0 spiro atoms. The topological polar surface area (TPSA) is 70.6 Å². The fourth-order valence-corrected chi connectivity index (χ4v) is 3.05. The lowest BCUT2D eigenvalue weighted by molar-refractivity contribution is -0.121. The van der Waals surface area contributed by atoms with Gasteiger partial charge in [-0.15, -0.1) is 0 Å². The molecule has 0 unspecified atom stereocenters. The summed E-state index contributed by atoms with van der Waals surface area (Å²) in [5, 5.41) is 15.2. The highest BCUT2D eigenvalue weighted by atomic mass is 79.9. The van der Waals surface area contributed by atoms with Crippen LogP contribution in [0.1, 0.15) is 0 Å². The van der Waals surface area contributed by atoms with E-state index in [-0.39, 0.29) is 23.4 Å². The monoisotopic (exact) mass is 458 g/mol. The van der Waals surface area contributed by atoms with Gasteiger partial charge in [-0.25, -0.2) is 0 Å². The lowest BCUT2D eigenvalue weighted by atomic mass is 10.3. The first-order valence-electron chi connectivity index (χ1n) is 6.42. The summed E-state index contributed by atoms with van der Waals surface area (Å²) in [5.41, 5.74) is 0.607. The van der Waals surface area contributed by atoms with Crippen molar-refractivity contribution < 1.29 is 14.6 Å². The minimum absolute atomic E-state index is 0.0850. The Morgan fingerprint density at radius 2 is 1.78 bits per heavy atom. The summed E-state index contributed by atoms with van der Waals surface area (Å²) >= 11 is 11.5. The first kappa shape index (κ1) is 17.7. The van der Waals surface area contributed by atoms with Crippen molar-refractivity contribution in [1.82, 2.24) is 5.32 Å². The fraction of sp³-hybridized carbons (Fsp3) is 0.0667. The minimum atomic E-state index is -0.372. The molecule has 2 rings (SSSR count). The quantitative estimate of drug-likeness (QED) is 0.479. The van der Waals surface area contributed by atoms with Crippen molar-refractivity contribution in [2.75, 3.05) is 11.9 Å². The summed E-state index contributed by atoms with van der Waals surface area (Å²) in [6.45, 7) is -0.144. The number of amides is 1. The molecular formula is C15H12Br2N2O3S. The van der Waals surface area contributed by atoms with E-state index in [4.69, 9.17) is 17.0 Å². The molecule has 0 aliphatic rings. The smallest absolute Gasteiger partial charge is 0.264 e. The average molecular weight is 460 g/mol. The maximum Gasteiger partial charge on any atom is 0.264 e. The van der Waals surface area contributed by atoms with E-state index in [1.807, 2.05) is 18.2 Å². The third-order valence-electron chi connectivity index (χ3n) is 2.64. The molecule has 1 amide bonds. The molecule has 0 aliphatic heterocycles. The zero-order valence-electron chi connectivity index (χ0n) is 11.7. The molecule has 8 heteroatoms. The number of anilines is 1. The van der Waals surface area contributed by atoms with E-state index in [1.165, 1.54) is 0 Å². The van der Waals surface area contributed by atoms with Crippen molar-refractivity contribution in [2.45, 2.75) is 0 Å². The summed E-state index contributed by atoms with van der Waals surface area (Å²) in [4.78, 5) is 11.8. The number of benzene rings is 2. The van der Waals surface area contributed by atoms with Crippen LogP contribution in [0.4, 0.5) is 5.69 Å². The Hall–Kier alpha value is -1.64. The maximum absolute atomic E-state index is 11.8. The molecule has 0 bridgehead atoms. The maximum atomic E-state index is 11.8. The Balaban J connectivity index is 1.86. The number of para-hydroxylation sites is 1. The number of phenols is 1. The minimum Gasteiger partial charge on any atom is -0.506 e. The summed E-state index contributed by atoms with van der Waals surface area (Å²) in [7, 11) is 0. The second kappa shape index (κ2) is 8.28. The standard InChI is InChI=1S/C15H12Br2N2O3S/c16-11-6-9(7-12(17)14(11)21)18-15(23)19-13(20)8-22-10-4-2-1-3-5-10/h1-7,21H,8H2,(H2,18,19,20,23). The number of thiocarbonyl (C=S) groups is 1. The first-order chi connectivity index (χ1) is 11.0. The summed E-state index contributed by atoms with van der Waals surface area (Å²) in [6.07, 6.45) is 0. The van der Waals surface area contributed by atoms with Gasteiger partial charge in [0.15, 0.2) is 11.7 Å². The van der Waals surface area contributed by atoms with Gasteiger partial charge in [0.05, 0.1) is 8.95 Å². The van der Waals surface area contributed by atoms with Gasteiger partial charge in [0.1, 0.15) is 11.5 Å². The number of nitrogens with one attached hydrogen (secondary N) is 2. The van der Waals surface area contributed by atoms with Crippen LogP contribution in [0, 0.1) is 0 Å². The van der Waals surface area contributed by atoms with Crippen LogP contribution in [-0.4, -0.2) is 22.7 Å². The number of hydrogen-bond acceptors (Lipinski definition) is 4. The van der Waals surface area contributed by atoms with Gasteiger partial charge in [-0.05, 0) is 68.3 Å². The zero-order chi connectivity index (χ0) is 16.8. The molecule has 120 valence electrons. The number of aromatic hydroxyl groups is 1. The largest absolute Gasteiger partial charge is 0.506 e. The van der Waals surface area contributed by atoms with Crippen molar-refractivity contribution in [3.63, 3.8) is 0 Å². The third-order valence-corrected chi connectivity index (χ3v) is 4.05. The van der Waals surface area contributed by atoms with Crippen LogP contribution >= 0.6 is 44.1 Å². The van der Waals surface area contributed by atoms with E-state index in [0.717, 1.165) is 0 Å². The summed E-state index contributed by atoms with van der Waals surface area (Å²) < 4.78 is 6.32. The highest BCUT2D eigenvalue weighted by molar-refractivity contribution is 9.11. The molecule has 3 N–H and O–H groups in total. The van der Waals surface area contributed by atoms with Gasteiger partial charge in [-0.2, -0.15) is 0 Å². The van der Waals surface area contributed by atoms with Crippen molar-refractivity contribution in [3.8, 4) is 11.5 Å². The molecule has 0 aliphatic carbocycles. The molecule has 2 aromatic rings. The van der Waals surface area contributed by atoms with E-state index < -0.39 is 0 Å². The molecular weight excluding hydrogens is 448 g/mol. The van der Waals surface area contributed by atoms with Crippen LogP contribution < -0.4 is 15.4 Å². The Bertz CT molecular complexity index is 703. The van der Waals surface area contributed by atoms with E-state index >= 15 is 0 Å². The second-order valence-corrected chi connectivity index (χ2v) is 6.51. The van der Waals surface area contributed by atoms with Gasteiger partial charge in [0.2, 0.25) is 0 Å². The van der Waals surface area contributed by atoms with Crippen LogP contribution in [-0.2, 0) is 4.79 Å². The van der Waals surface area contributed by atoms with Gasteiger partial charge < -0.3 is 15.2 Å². The number of carbonyl (C=O) groups is 1. The van der Waals surface area contributed by atoms with Crippen molar-refractivity contribution >= 4 is 60.8 Å². The number of hydrogen-bond donors (Lipinski definition) is 3. The molecule has 0 saturated heterocycles. The van der Waals surface area contributed by atoms with Crippen molar-refractivity contribution in [1.29, 1.82) is 0 Å². The summed E-state index contributed by atoms with van der Waals surface area (Å²) in [5.74, 6) is 0.318. The van der Waals surface area contributed by atoms with Crippen LogP contribution in [0.3, 0.4) is 0 Å². The predicted molar refractivity (Wildman–Crippen MR) is 99.8 cm³/mol. The fourth-order valence-electron chi connectivity index (χ4n) is 1.63. The second-order valence-electron chi connectivity index (χ2n) is 4.39. The number of carbonyl (C=O) groups excluding carboxylic acids is 1. The molecule has 0 fully saturated rings. The van der Waals surface area contributed by atoms with E-state index in [1.54, 1.807) is 24.3 Å². The Morgan fingerprint density at radius 1 is 1.17 bits per heavy atom. The third kappa shape index (κ3) is 5.49. The van der Waals surface area contributed by atoms with Gasteiger partial charge in [0, 0.05) is 5.69 Å². The molecule has 0 atom stereocenters. The Labute approximate surface area is 155 Å². The van der Waals surface area contributed by atoms with Crippen LogP contribution in [0.25, 0.3) is 0 Å². The lowest BCUT2D eigenvalue weighted by Gasteiger charge is -2.11. The lowest BCUT2D eigenvalue weighted by Crippen LogP contribution is -2.37. The van der Waals surface area contributed by atoms with Crippen LogP contribution in [0.2, 0.25) is 0 Å². The van der Waals surface area contributed by atoms with Crippen molar-refractivity contribution in [2.24, 2.45) is 0 Å². The van der Waals surface area contributed by atoms with Crippen molar-refractivity contribution in [3.05, 3.63) is 51.4 Å². The van der Waals surface area contributed by atoms with Crippen LogP contribution in [0.5, 0.6) is 11.5 Å².